The van der Waals surface area contributed by atoms with Crippen molar-refractivity contribution in [2.24, 2.45) is 5.73 Å². The zero-order chi connectivity index (χ0) is 11.1. The first-order valence-electron chi connectivity index (χ1n) is 5.59. The molecule has 0 unspecified atom stereocenters. The predicted molar refractivity (Wildman–Crippen MR) is 60.5 cm³/mol. The van der Waals surface area contributed by atoms with E-state index < -0.39 is 0 Å². The van der Waals surface area contributed by atoms with Crippen molar-refractivity contribution in [2.75, 3.05) is 6.54 Å². The van der Waals surface area contributed by atoms with Crippen LogP contribution in [0.25, 0.3) is 5.65 Å². The number of rotatable bonds is 3. The molecule has 0 spiro atoms. The van der Waals surface area contributed by atoms with E-state index in [4.69, 9.17) is 5.73 Å². The maximum absolute atomic E-state index is 11.8. The molecule has 2 heterocycles. The molecule has 1 saturated carbocycles. The van der Waals surface area contributed by atoms with E-state index >= 15 is 0 Å². The second-order valence-electron chi connectivity index (χ2n) is 4.29. The Kier molecular flexibility index (Phi) is 2.07. The first-order chi connectivity index (χ1) is 7.79. The Balaban J connectivity index is 2.20. The number of fused-ring (bicyclic) bond motifs is 1. The molecule has 0 radical (unpaired) electrons. The van der Waals surface area contributed by atoms with E-state index in [9.17, 15) is 4.79 Å². The lowest BCUT2D eigenvalue weighted by Gasteiger charge is -2.00. The Morgan fingerprint density at radius 1 is 1.56 bits per heavy atom. The van der Waals surface area contributed by atoms with Gasteiger partial charge in [-0.3, -0.25) is 9.89 Å². The SMILES string of the molecule is NCCc1cc(=O)n2[nH]cc(C3CC3)c2n1. The van der Waals surface area contributed by atoms with Crippen LogP contribution in [0.2, 0.25) is 0 Å². The van der Waals surface area contributed by atoms with Crippen molar-refractivity contribution in [1.29, 1.82) is 0 Å². The van der Waals surface area contributed by atoms with Gasteiger partial charge in [-0.1, -0.05) is 0 Å². The van der Waals surface area contributed by atoms with Crippen molar-refractivity contribution >= 4 is 5.65 Å². The first kappa shape index (κ1) is 9.59. The molecular weight excluding hydrogens is 204 g/mol. The number of nitrogens with one attached hydrogen (secondary N) is 1. The number of hydrogen-bond acceptors (Lipinski definition) is 3. The lowest BCUT2D eigenvalue weighted by Crippen LogP contribution is -2.17. The Hall–Kier alpha value is -1.62. The van der Waals surface area contributed by atoms with Gasteiger partial charge in [0.15, 0.2) is 5.65 Å². The van der Waals surface area contributed by atoms with E-state index in [1.54, 1.807) is 6.07 Å². The summed E-state index contributed by atoms with van der Waals surface area (Å²) >= 11 is 0. The molecule has 2 aromatic heterocycles. The van der Waals surface area contributed by atoms with Crippen molar-refractivity contribution in [3.8, 4) is 0 Å². The molecule has 1 fully saturated rings. The molecule has 1 aliphatic carbocycles. The third-order valence-electron chi connectivity index (χ3n) is 3.00. The molecular formula is C11H14N4O. The van der Waals surface area contributed by atoms with Crippen LogP contribution in [0.3, 0.4) is 0 Å². The van der Waals surface area contributed by atoms with Gasteiger partial charge in [-0.25, -0.2) is 9.50 Å². The minimum absolute atomic E-state index is 0.0552. The summed E-state index contributed by atoms with van der Waals surface area (Å²) in [4.78, 5) is 16.3. The minimum Gasteiger partial charge on any atom is -0.330 e. The van der Waals surface area contributed by atoms with Gasteiger partial charge in [-0.05, 0) is 25.3 Å². The van der Waals surface area contributed by atoms with Crippen LogP contribution in [0.1, 0.15) is 30.0 Å². The van der Waals surface area contributed by atoms with Crippen LogP contribution >= 0.6 is 0 Å². The van der Waals surface area contributed by atoms with Crippen molar-refractivity contribution < 1.29 is 0 Å². The van der Waals surface area contributed by atoms with Gasteiger partial charge in [0.2, 0.25) is 0 Å². The van der Waals surface area contributed by atoms with Crippen molar-refractivity contribution in [3.05, 3.63) is 33.9 Å². The molecule has 0 aromatic carbocycles. The van der Waals surface area contributed by atoms with Crippen LogP contribution in [0.15, 0.2) is 17.1 Å². The van der Waals surface area contributed by atoms with Gasteiger partial charge in [0.05, 0.1) is 0 Å². The molecule has 0 atom stereocenters. The molecule has 0 bridgehead atoms. The van der Waals surface area contributed by atoms with Crippen molar-refractivity contribution in [1.82, 2.24) is 14.6 Å². The van der Waals surface area contributed by atoms with Gasteiger partial charge in [0.25, 0.3) is 5.56 Å². The van der Waals surface area contributed by atoms with Crippen LogP contribution in [0.4, 0.5) is 0 Å². The van der Waals surface area contributed by atoms with E-state index in [0.29, 0.717) is 18.9 Å². The second kappa shape index (κ2) is 3.45. The summed E-state index contributed by atoms with van der Waals surface area (Å²) in [5.74, 6) is 0.585. The van der Waals surface area contributed by atoms with Gasteiger partial charge in [-0.2, -0.15) is 0 Å². The van der Waals surface area contributed by atoms with Gasteiger partial charge in [0, 0.05) is 29.9 Å². The topological polar surface area (TPSA) is 76.2 Å². The Morgan fingerprint density at radius 3 is 3.06 bits per heavy atom. The highest BCUT2D eigenvalue weighted by atomic mass is 16.1. The highest BCUT2D eigenvalue weighted by molar-refractivity contribution is 5.50. The van der Waals surface area contributed by atoms with Crippen LogP contribution in [0.5, 0.6) is 0 Å². The number of nitrogens with zero attached hydrogens (tertiary/aromatic N) is 2. The molecule has 0 aliphatic heterocycles. The fraction of sp³-hybridized carbons (Fsp3) is 0.455. The van der Waals surface area contributed by atoms with Gasteiger partial charge in [-0.15, -0.1) is 0 Å². The maximum Gasteiger partial charge on any atom is 0.272 e. The zero-order valence-corrected chi connectivity index (χ0v) is 8.94. The number of aromatic nitrogens is 3. The van der Waals surface area contributed by atoms with Crippen LogP contribution < -0.4 is 11.3 Å². The molecule has 3 N–H and O–H groups in total. The number of nitrogens with two attached hydrogens (primary N) is 1. The van der Waals surface area contributed by atoms with Crippen molar-refractivity contribution in [2.45, 2.75) is 25.2 Å². The minimum atomic E-state index is -0.0552. The molecule has 84 valence electrons. The number of hydrogen-bond donors (Lipinski definition) is 2. The third-order valence-corrected chi connectivity index (χ3v) is 3.00. The quantitative estimate of drug-likeness (QED) is 0.783. The van der Waals surface area contributed by atoms with E-state index in [0.717, 1.165) is 16.9 Å². The highest BCUT2D eigenvalue weighted by Gasteiger charge is 2.27. The van der Waals surface area contributed by atoms with E-state index in [1.165, 1.54) is 17.4 Å². The average Bonchev–Trinajstić information content (AvgIpc) is 3.00. The first-order valence-corrected chi connectivity index (χ1v) is 5.59. The average molecular weight is 218 g/mol. The summed E-state index contributed by atoms with van der Waals surface area (Å²) in [7, 11) is 0. The number of H-pyrrole nitrogens is 1. The Bertz CT molecular complexity index is 579. The van der Waals surface area contributed by atoms with Gasteiger partial charge >= 0.3 is 0 Å². The summed E-state index contributed by atoms with van der Waals surface area (Å²) in [6.45, 7) is 0.520. The second-order valence-corrected chi connectivity index (χ2v) is 4.29. The normalized spacial score (nSPS) is 15.8. The summed E-state index contributed by atoms with van der Waals surface area (Å²) < 4.78 is 1.51. The highest BCUT2D eigenvalue weighted by Crippen LogP contribution is 2.41. The van der Waals surface area contributed by atoms with Gasteiger partial charge < -0.3 is 5.73 Å². The number of aromatic amines is 1. The maximum atomic E-state index is 11.8. The van der Waals surface area contributed by atoms with Crippen LogP contribution in [0, 0.1) is 0 Å². The van der Waals surface area contributed by atoms with Gasteiger partial charge in [0.1, 0.15) is 0 Å². The monoisotopic (exact) mass is 218 g/mol. The summed E-state index contributed by atoms with van der Waals surface area (Å²) in [6.07, 6.45) is 4.95. The molecule has 1 aliphatic rings. The fourth-order valence-corrected chi connectivity index (χ4v) is 2.02. The molecule has 0 amide bonds. The smallest absolute Gasteiger partial charge is 0.272 e. The molecule has 5 nitrogen and oxygen atoms in total. The van der Waals surface area contributed by atoms with Crippen molar-refractivity contribution in [3.63, 3.8) is 0 Å². The van der Waals surface area contributed by atoms with Crippen LogP contribution in [-0.2, 0) is 6.42 Å². The summed E-state index contributed by atoms with van der Waals surface area (Å²) in [6, 6.07) is 1.55. The Morgan fingerprint density at radius 2 is 2.38 bits per heavy atom. The predicted octanol–water partition coefficient (Wildman–Crippen LogP) is 0.401. The Labute approximate surface area is 92.3 Å². The third kappa shape index (κ3) is 1.44. The van der Waals surface area contributed by atoms with E-state index in [1.807, 2.05) is 6.20 Å². The molecule has 2 aromatic rings. The zero-order valence-electron chi connectivity index (χ0n) is 8.94. The van der Waals surface area contributed by atoms with E-state index in [-0.39, 0.29) is 5.56 Å². The molecule has 0 saturated heterocycles. The van der Waals surface area contributed by atoms with E-state index in [2.05, 4.69) is 10.1 Å². The summed E-state index contributed by atoms with van der Waals surface area (Å²) in [5.41, 5.74) is 8.15. The summed E-state index contributed by atoms with van der Waals surface area (Å²) in [5, 5.41) is 2.96. The molecule has 5 heteroatoms. The fourth-order valence-electron chi connectivity index (χ4n) is 2.02. The molecule has 3 rings (SSSR count). The standard InChI is InChI=1S/C11H14N4O/c12-4-3-8-5-10(16)15-11(14-8)9(6-13-15)7-1-2-7/h5-7,13H,1-4,12H2. The van der Waals surface area contributed by atoms with Crippen LogP contribution in [-0.4, -0.2) is 21.1 Å². The largest absolute Gasteiger partial charge is 0.330 e. The molecule has 16 heavy (non-hydrogen) atoms. The lowest BCUT2D eigenvalue weighted by molar-refractivity contribution is 0.855. The lowest BCUT2D eigenvalue weighted by atomic mass is 10.2.